The number of hydrogen-bond acceptors (Lipinski definition) is 2. The Morgan fingerprint density at radius 3 is 2.77 bits per heavy atom. The average molecular weight is 322 g/mol. The molecule has 2 atom stereocenters. The van der Waals surface area contributed by atoms with Gasteiger partial charge in [0, 0.05) is 23.0 Å². The van der Waals surface area contributed by atoms with Crippen LogP contribution in [-0.4, -0.2) is 30.5 Å². The van der Waals surface area contributed by atoms with E-state index in [1.54, 1.807) is 0 Å². The van der Waals surface area contributed by atoms with E-state index in [0.29, 0.717) is 30.6 Å². The summed E-state index contributed by atoms with van der Waals surface area (Å²) >= 11 is 6.27. The third-order valence-electron chi connectivity index (χ3n) is 5.13. The van der Waals surface area contributed by atoms with Crippen molar-refractivity contribution in [2.75, 3.05) is 19.7 Å². The third-order valence-corrected chi connectivity index (χ3v) is 5.47. The van der Waals surface area contributed by atoms with Gasteiger partial charge in [-0.05, 0) is 24.8 Å². The maximum Gasteiger partial charge on any atom is 0.225 e. The van der Waals surface area contributed by atoms with Crippen molar-refractivity contribution in [1.82, 2.24) is 4.90 Å². The maximum atomic E-state index is 12.8. The third kappa shape index (κ3) is 3.31. The van der Waals surface area contributed by atoms with Crippen LogP contribution in [0, 0.1) is 11.8 Å². The van der Waals surface area contributed by atoms with Crippen LogP contribution in [-0.2, 0) is 9.53 Å². The molecule has 2 aliphatic rings. The van der Waals surface area contributed by atoms with E-state index < -0.39 is 0 Å². The van der Waals surface area contributed by atoms with Gasteiger partial charge in [0.2, 0.25) is 5.91 Å². The predicted molar refractivity (Wildman–Crippen MR) is 87.8 cm³/mol. The molecule has 0 aromatic heterocycles. The number of nitrogens with zero attached hydrogens (tertiary/aromatic N) is 1. The zero-order chi connectivity index (χ0) is 15.5. The van der Waals surface area contributed by atoms with Gasteiger partial charge in [-0.1, -0.05) is 49.6 Å². The van der Waals surface area contributed by atoms with Crippen LogP contribution >= 0.6 is 11.6 Å². The number of benzene rings is 1. The lowest BCUT2D eigenvalue weighted by Crippen LogP contribution is -2.45. The number of amides is 1. The van der Waals surface area contributed by atoms with E-state index in [4.69, 9.17) is 16.3 Å². The van der Waals surface area contributed by atoms with E-state index in [1.807, 2.05) is 29.2 Å². The van der Waals surface area contributed by atoms with Gasteiger partial charge in [0.05, 0.1) is 13.2 Å². The summed E-state index contributed by atoms with van der Waals surface area (Å²) in [6.45, 7) is 3.98. The fourth-order valence-corrected chi connectivity index (χ4v) is 3.98. The molecule has 2 fully saturated rings. The number of ether oxygens (including phenoxy) is 1. The van der Waals surface area contributed by atoms with Crippen molar-refractivity contribution in [1.29, 1.82) is 0 Å². The van der Waals surface area contributed by atoms with Gasteiger partial charge >= 0.3 is 0 Å². The smallest absolute Gasteiger partial charge is 0.225 e. The highest BCUT2D eigenvalue weighted by molar-refractivity contribution is 6.31. The number of carbonyl (C=O) groups excluding carboxylic acids is 1. The molecule has 2 unspecified atom stereocenters. The van der Waals surface area contributed by atoms with Gasteiger partial charge < -0.3 is 9.64 Å². The first-order valence-corrected chi connectivity index (χ1v) is 8.69. The molecule has 3 rings (SSSR count). The van der Waals surface area contributed by atoms with Crippen LogP contribution in [0.5, 0.6) is 0 Å². The number of rotatable bonds is 3. The lowest BCUT2D eigenvalue weighted by molar-refractivity contribution is -0.144. The summed E-state index contributed by atoms with van der Waals surface area (Å²) in [5.41, 5.74) is 0.982. The molecule has 0 N–H and O–H groups in total. The monoisotopic (exact) mass is 321 g/mol. The number of hydrogen-bond donors (Lipinski definition) is 0. The molecule has 1 aromatic rings. The Morgan fingerprint density at radius 2 is 2.05 bits per heavy atom. The quantitative estimate of drug-likeness (QED) is 0.840. The Morgan fingerprint density at radius 1 is 1.32 bits per heavy atom. The zero-order valence-corrected chi connectivity index (χ0v) is 13.9. The van der Waals surface area contributed by atoms with Gasteiger partial charge in [0.15, 0.2) is 0 Å². The molecule has 0 bridgehead atoms. The first-order valence-electron chi connectivity index (χ1n) is 8.31. The molecule has 22 heavy (non-hydrogen) atoms. The van der Waals surface area contributed by atoms with E-state index in [2.05, 4.69) is 6.92 Å². The van der Waals surface area contributed by atoms with Gasteiger partial charge in [-0.25, -0.2) is 0 Å². The van der Waals surface area contributed by atoms with Gasteiger partial charge in [0.25, 0.3) is 0 Å². The van der Waals surface area contributed by atoms with Crippen molar-refractivity contribution in [3.63, 3.8) is 0 Å². The summed E-state index contributed by atoms with van der Waals surface area (Å²) < 4.78 is 5.85. The van der Waals surface area contributed by atoms with Crippen LogP contribution in [0.1, 0.15) is 44.3 Å². The minimum Gasteiger partial charge on any atom is -0.370 e. The topological polar surface area (TPSA) is 29.5 Å². The summed E-state index contributed by atoms with van der Waals surface area (Å²) in [7, 11) is 0. The van der Waals surface area contributed by atoms with E-state index in [9.17, 15) is 4.79 Å². The highest BCUT2D eigenvalue weighted by atomic mass is 35.5. The van der Waals surface area contributed by atoms with Crippen molar-refractivity contribution in [2.45, 2.75) is 38.7 Å². The van der Waals surface area contributed by atoms with E-state index in [1.165, 1.54) is 25.7 Å². The molecular formula is C18H24ClNO2. The van der Waals surface area contributed by atoms with Crippen LogP contribution < -0.4 is 0 Å². The van der Waals surface area contributed by atoms with Gasteiger partial charge in [0.1, 0.15) is 6.10 Å². The summed E-state index contributed by atoms with van der Waals surface area (Å²) in [6, 6.07) is 7.75. The predicted octanol–water partition coefficient (Wildman–Crippen LogP) is 4.07. The summed E-state index contributed by atoms with van der Waals surface area (Å²) in [4.78, 5) is 14.8. The normalized spacial score (nSPS) is 24.5. The Bertz CT molecular complexity index is 528. The average Bonchev–Trinajstić information content (AvgIpc) is 3.08. The second-order valence-electron chi connectivity index (χ2n) is 6.50. The van der Waals surface area contributed by atoms with Crippen LogP contribution in [0.4, 0.5) is 0 Å². The molecule has 3 nitrogen and oxygen atoms in total. The molecule has 120 valence electrons. The first kappa shape index (κ1) is 15.8. The molecular weight excluding hydrogens is 298 g/mol. The molecule has 0 spiro atoms. The van der Waals surface area contributed by atoms with Gasteiger partial charge in [-0.2, -0.15) is 0 Å². The number of carbonyl (C=O) groups is 1. The number of halogens is 1. The van der Waals surface area contributed by atoms with Crippen molar-refractivity contribution >= 4 is 17.5 Å². The second-order valence-corrected chi connectivity index (χ2v) is 6.91. The highest BCUT2D eigenvalue weighted by Crippen LogP contribution is 2.34. The fraction of sp³-hybridized carbons (Fsp3) is 0.611. The Balaban J connectivity index is 1.67. The molecule has 1 heterocycles. The fourth-order valence-electron chi connectivity index (χ4n) is 3.72. The standard InChI is InChI=1S/C18H24ClNO2/c1-13(14-6-2-3-7-14)18(21)20-10-11-22-17(12-20)15-8-4-5-9-16(15)19/h4-5,8-9,13-14,17H,2-3,6-7,10-12H2,1H3. The molecule has 4 heteroatoms. The molecule has 1 saturated heterocycles. The van der Waals surface area contributed by atoms with Gasteiger partial charge in [-0.15, -0.1) is 0 Å². The molecule has 1 aliphatic carbocycles. The Hall–Kier alpha value is -1.06. The first-order chi connectivity index (χ1) is 10.7. The second kappa shape index (κ2) is 7.01. The maximum absolute atomic E-state index is 12.8. The summed E-state index contributed by atoms with van der Waals surface area (Å²) in [6.07, 6.45) is 4.83. The molecule has 0 radical (unpaired) electrons. The summed E-state index contributed by atoms with van der Waals surface area (Å²) in [5, 5.41) is 0.714. The van der Waals surface area contributed by atoms with E-state index in [0.717, 1.165) is 5.56 Å². The summed E-state index contributed by atoms with van der Waals surface area (Å²) in [5.74, 6) is 0.980. The molecule has 1 aliphatic heterocycles. The van der Waals surface area contributed by atoms with Crippen LogP contribution in [0.2, 0.25) is 5.02 Å². The van der Waals surface area contributed by atoms with Gasteiger partial charge in [-0.3, -0.25) is 4.79 Å². The number of morpholine rings is 1. The van der Waals surface area contributed by atoms with Crippen molar-refractivity contribution in [3.8, 4) is 0 Å². The van der Waals surface area contributed by atoms with Crippen molar-refractivity contribution < 1.29 is 9.53 Å². The SMILES string of the molecule is CC(C(=O)N1CCOC(c2ccccc2Cl)C1)C1CCCC1. The van der Waals surface area contributed by atoms with Crippen LogP contribution in [0.25, 0.3) is 0 Å². The van der Waals surface area contributed by atoms with E-state index >= 15 is 0 Å². The van der Waals surface area contributed by atoms with Crippen molar-refractivity contribution in [2.24, 2.45) is 11.8 Å². The van der Waals surface area contributed by atoms with Crippen LogP contribution in [0.15, 0.2) is 24.3 Å². The lowest BCUT2D eigenvalue weighted by atomic mass is 9.91. The lowest BCUT2D eigenvalue weighted by Gasteiger charge is -2.36. The van der Waals surface area contributed by atoms with Crippen molar-refractivity contribution in [3.05, 3.63) is 34.9 Å². The molecule has 1 amide bonds. The largest absolute Gasteiger partial charge is 0.370 e. The molecule has 1 aromatic carbocycles. The Kier molecular flexibility index (Phi) is 5.04. The van der Waals surface area contributed by atoms with E-state index in [-0.39, 0.29) is 17.9 Å². The Labute approximate surface area is 137 Å². The van der Waals surface area contributed by atoms with Crippen LogP contribution in [0.3, 0.4) is 0 Å². The minimum atomic E-state index is -0.109. The zero-order valence-electron chi connectivity index (χ0n) is 13.1. The highest BCUT2D eigenvalue weighted by Gasteiger charge is 2.33. The molecule has 1 saturated carbocycles. The minimum absolute atomic E-state index is 0.109.